The zero-order chi connectivity index (χ0) is 22.0. The number of hydrogen-bond acceptors (Lipinski definition) is 3. The lowest BCUT2D eigenvalue weighted by atomic mass is 9.94. The van der Waals surface area contributed by atoms with Crippen LogP contribution in [0.3, 0.4) is 0 Å². The fourth-order valence-corrected chi connectivity index (χ4v) is 4.90. The van der Waals surface area contributed by atoms with Crippen molar-refractivity contribution in [3.05, 3.63) is 69.3 Å². The fraction of sp³-hybridized carbons (Fsp3) is 0.333. The molecule has 1 aliphatic carbocycles. The van der Waals surface area contributed by atoms with Crippen LogP contribution in [0.1, 0.15) is 43.2 Å². The highest BCUT2D eigenvalue weighted by Gasteiger charge is 2.40. The lowest BCUT2D eigenvalue weighted by Crippen LogP contribution is -2.41. The molecule has 2 aromatic rings. The van der Waals surface area contributed by atoms with Gasteiger partial charge in [-0.15, -0.1) is 0 Å². The van der Waals surface area contributed by atoms with E-state index in [0.717, 1.165) is 36.8 Å². The summed E-state index contributed by atoms with van der Waals surface area (Å²) in [5.74, 6) is 0.638. The first-order chi connectivity index (χ1) is 15.0. The summed E-state index contributed by atoms with van der Waals surface area (Å²) in [7, 11) is 1.85. The summed E-state index contributed by atoms with van der Waals surface area (Å²) in [4.78, 5) is 16.9. The second-order valence-electron chi connectivity index (χ2n) is 7.90. The van der Waals surface area contributed by atoms with E-state index in [-0.39, 0.29) is 11.9 Å². The van der Waals surface area contributed by atoms with E-state index in [9.17, 15) is 4.79 Å². The molecule has 1 aliphatic heterocycles. The molecule has 1 saturated heterocycles. The second-order valence-corrected chi connectivity index (χ2v) is 9.11. The molecule has 1 saturated carbocycles. The van der Waals surface area contributed by atoms with Gasteiger partial charge in [-0.05, 0) is 49.3 Å². The Balaban J connectivity index is 1.57. The van der Waals surface area contributed by atoms with E-state index in [1.165, 1.54) is 6.42 Å². The standard InChI is InChI=1S/C24H24Cl2N2O2S/c1-27-21(23(29)28(24(27)31)19-8-3-2-4-9-19)13-16-7-5-6-10-22(16)30-15-17-11-12-18(25)14-20(17)26/h5-7,10-14,19H,2-4,8-9,15H2,1H3. The number of thiocarbonyl (C=S) groups is 1. The average molecular weight is 475 g/mol. The van der Waals surface area contributed by atoms with Crippen molar-refractivity contribution in [2.45, 2.75) is 44.8 Å². The van der Waals surface area contributed by atoms with E-state index >= 15 is 0 Å². The molecule has 31 heavy (non-hydrogen) atoms. The molecule has 4 nitrogen and oxygen atoms in total. The molecule has 162 valence electrons. The molecule has 0 unspecified atom stereocenters. The molecule has 0 spiro atoms. The molecule has 0 radical (unpaired) electrons. The Kier molecular flexibility index (Phi) is 6.85. The highest BCUT2D eigenvalue weighted by atomic mass is 35.5. The number of halogens is 2. The van der Waals surface area contributed by atoms with Gasteiger partial charge in [0.2, 0.25) is 0 Å². The molecular weight excluding hydrogens is 451 g/mol. The van der Waals surface area contributed by atoms with Crippen molar-refractivity contribution in [3.63, 3.8) is 0 Å². The maximum Gasteiger partial charge on any atom is 0.277 e. The molecule has 0 bridgehead atoms. The van der Waals surface area contributed by atoms with Crippen molar-refractivity contribution >= 4 is 52.5 Å². The Morgan fingerprint density at radius 3 is 2.61 bits per heavy atom. The van der Waals surface area contributed by atoms with Crippen LogP contribution in [0.2, 0.25) is 10.0 Å². The normalized spacial score (nSPS) is 18.9. The molecule has 7 heteroatoms. The number of amides is 1. The van der Waals surface area contributed by atoms with Crippen LogP contribution in [0, 0.1) is 0 Å². The van der Waals surface area contributed by atoms with Gasteiger partial charge in [-0.25, -0.2) is 0 Å². The molecule has 0 atom stereocenters. The number of para-hydroxylation sites is 1. The molecule has 1 amide bonds. The maximum absolute atomic E-state index is 13.3. The van der Waals surface area contributed by atoms with Crippen LogP contribution in [0.25, 0.3) is 6.08 Å². The summed E-state index contributed by atoms with van der Waals surface area (Å²) in [6, 6.07) is 13.2. The van der Waals surface area contributed by atoms with Crippen LogP contribution in [-0.4, -0.2) is 33.9 Å². The largest absolute Gasteiger partial charge is 0.488 e. The van der Waals surface area contributed by atoms with Crippen molar-refractivity contribution in [1.29, 1.82) is 0 Å². The first-order valence-electron chi connectivity index (χ1n) is 10.4. The monoisotopic (exact) mass is 474 g/mol. The first kappa shape index (κ1) is 22.1. The fourth-order valence-electron chi connectivity index (χ4n) is 4.11. The highest BCUT2D eigenvalue weighted by molar-refractivity contribution is 7.80. The lowest BCUT2D eigenvalue weighted by molar-refractivity contribution is -0.124. The quantitative estimate of drug-likeness (QED) is 0.375. The molecule has 2 aromatic carbocycles. The van der Waals surface area contributed by atoms with Gasteiger partial charge in [-0.1, -0.05) is 66.7 Å². The summed E-state index contributed by atoms with van der Waals surface area (Å²) in [5, 5.41) is 1.72. The van der Waals surface area contributed by atoms with Crippen molar-refractivity contribution in [2.75, 3.05) is 7.05 Å². The molecule has 2 aliphatic rings. The number of rotatable bonds is 5. The van der Waals surface area contributed by atoms with Crippen molar-refractivity contribution in [1.82, 2.24) is 9.80 Å². The third-order valence-corrected chi connectivity index (χ3v) is 6.90. The van der Waals surface area contributed by atoms with E-state index in [2.05, 4.69) is 0 Å². The van der Waals surface area contributed by atoms with Gasteiger partial charge in [-0.2, -0.15) is 0 Å². The zero-order valence-corrected chi connectivity index (χ0v) is 19.6. The van der Waals surface area contributed by atoms with Gasteiger partial charge in [0.15, 0.2) is 5.11 Å². The summed E-state index contributed by atoms with van der Waals surface area (Å²) in [6.45, 7) is 0.298. The van der Waals surface area contributed by atoms with Crippen molar-refractivity contribution in [2.24, 2.45) is 0 Å². The topological polar surface area (TPSA) is 32.8 Å². The number of carbonyl (C=O) groups is 1. The van der Waals surface area contributed by atoms with Gasteiger partial charge >= 0.3 is 0 Å². The summed E-state index contributed by atoms with van der Waals surface area (Å²) < 4.78 is 6.05. The van der Waals surface area contributed by atoms with Crippen molar-refractivity contribution in [3.8, 4) is 5.75 Å². The Hall–Kier alpha value is -2.08. The SMILES string of the molecule is CN1C(=S)N(C2CCCCC2)C(=O)C1=Cc1ccccc1OCc1ccc(Cl)cc1Cl. The molecular formula is C24H24Cl2N2O2S. The molecule has 0 aromatic heterocycles. The molecule has 2 fully saturated rings. The van der Waals surface area contributed by atoms with E-state index < -0.39 is 0 Å². The Morgan fingerprint density at radius 2 is 1.87 bits per heavy atom. The molecule has 1 heterocycles. The first-order valence-corrected chi connectivity index (χ1v) is 11.6. The van der Waals surface area contributed by atoms with Crippen LogP contribution in [0.15, 0.2) is 48.2 Å². The minimum Gasteiger partial charge on any atom is -0.488 e. The van der Waals surface area contributed by atoms with Crippen LogP contribution in [0.5, 0.6) is 5.75 Å². The smallest absolute Gasteiger partial charge is 0.277 e. The van der Waals surface area contributed by atoms with Crippen LogP contribution in [0.4, 0.5) is 0 Å². The number of benzene rings is 2. The van der Waals surface area contributed by atoms with Gasteiger partial charge < -0.3 is 9.64 Å². The zero-order valence-electron chi connectivity index (χ0n) is 17.3. The summed E-state index contributed by atoms with van der Waals surface area (Å²) in [6.07, 6.45) is 7.39. The van der Waals surface area contributed by atoms with E-state index in [4.69, 9.17) is 40.2 Å². The van der Waals surface area contributed by atoms with Gasteiger partial charge in [0.05, 0.1) is 0 Å². The average Bonchev–Trinajstić information content (AvgIpc) is 2.98. The van der Waals surface area contributed by atoms with Gasteiger partial charge in [-0.3, -0.25) is 9.69 Å². The van der Waals surface area contributed by atoms with E-state index in [0.29, 0.717) is 33.2 Å². The second kappa shape index (κ2) is 9.60. The van der Waals surface area contributed by atoms with E-state index in [1.807, 2.05) is 43.5 Å². The van der Waals surface area contributed by atoms with Gasteiger partial charge in [0.25, 0.3) is 5.91 Å². The van der Waals surface area contributed by atoms with Crippen LogP contribution >= 0.6 is 35.4 Å². The summed E-state index contributed by atoms with van der Waals surface area (Å²) in [5.41, 5.74) is 2.22. The molecule has 4 rings (SSSR count). The van der Waals surface area contributed by atoms with Crippen LogP contribution < -0.4 is 4.74 Å². The predicted octanol–water partition coefficient (Wildman–Crippen LogP) is 6.30. The van der Waals surface area contributed by atoms with Gasteiger partial charge in [0, 0.05) is 34.3 Å². The number of ether oxygens (including phenoxy) is 1. The van der Waals surface area contributed by atoms with Crippen LogP contribution in [-0.2, 0) is 11.4 Å². The molecule has 0 N–H and O–H groups in total. The minimum atomic E-state index is -0.0325. The highest BCUT2D eigenvalue weighted by Crippen LogP contribution is 2.32. The number of nitrogens with zero attached hydrogens (tertiary/aromatic N) is 2. The Labute approximate surface area is 198 Å². The third kappa shape index (κ3) is 4.74. The maximum atomic E-state index is 13.3. The Morgan fingerprint density at radius 1 is 1.13 bits per heavy atom. The number of carbonyl (C=O) groups excluding carboxylic acids is 1. The summed E-state index contributed by atoms with van der Waals surface area (Å²) >= 11 is 17.9. The minimum absolute atomic E-state index is 0.0325. The number of hydrogen-bond donors (Lipinski definition) is 0. The Bertz CT molecular complexity index is 1030. The van der Waals surface area contributed by atoms with Gasteiger partial charge in [0.1, 0.15) is 18.1 Å². The van der Waals surface area contributed by atoms with Crippen molar-refractivity contribution < 1.29 is 9.53 Å². The number of likely N-dealkylation sites (N-methyl/N-ethyl adjacent to an activating group) is 1. The predicted molar refractivity (Wildman–Crippen MR) is 129 cm³/mol. The lowest BCUT2D eigenvalue weighted by Gasteiger charge is -2.30. The third-order valence-electron chi connectivity index (χ3n) is 5.84. The van der Waals surface area contributed by atoms with E-state index in [1.54, 1.807) is 21.9 Å².